The van der Waals surface area contributed by atoms with Crippen LogP contribution in [-0.4, -0.2) is 33.6 Å². The average molecular weight is 367 g/mol. The molecule has 0 saturated heterocycles. The van der Waals surface area contributed by atoms with Crippen LogP contribution in [0.3, 0.4) is 0 Å². The van der Waals surface area contributed by atoms with Gasteiger partial charge in [-0.3, -0.25) is 0 Å². The molecule has 3 heteroatoms. The molecule has 3 aliphatic rings. The lowest BCUT2D eigenvalue weighted by Crippen LogP contribution is -2.42. The molecule has 0 spiro atoms. The highest BCUT2D eigenvalue weighted by molar-refractivity contribution is 4.91. The predicted octanol–water partition coefficient (Wildman–Crippen LogP) is 4.38. The first kappa shape index (κ1) is 20.6. The van der Waals surface area contributed by atoms with E-state index in [0.717, 1.165) is 64.2 Å². The van der Waals surface area contributed by atoms with Crippen molar-refractivity contribution < 1.29 is 15.3 Å². The second-order valence-electron chi connectivity index (χ2n) is 10.6. The molecule has 0 aromatic carbocycles. The van der Waals surface area contributed by atoms with E-state index in [9.17, 15) is 15.3 Å². The molecule has 0 bridgehead atoms. The molecule has 3 fully saturated rings. The molecule has 0 aromatic rings. The van der Waals surface area contributed by atoms with Gasteiger partial charge in [-0.15, -0.1) is 0 Å². The van der Waals surface area contributed by atoms with Crippen molar-refractivity contribution in [2.45, 2.75) is 103 Å². The van der Waals surface area contributed by atoms with Gasteiger partial charge < -0.3 is 15.3 Å². The first-order chi connectivity index (χ1) is 12.3. The van der Waals surface area contributed by atoms with Crippen LogP contribution in [0, 0.1) is 41.4 Å². The maximum absolute atomic E-state index is 11.1. The van der Waals surface area contributed by atoms with Gasteiger partial charge in [-0.1, -0.05) is 20.8 Å². The van der Waals surface area contributed by atoms with E-state index < -0.39 is 0 Å². The van der Waals surface area contributed by atoms with Gasteiger partial charge in [0, 0.05) is 0 Å². The van der Waals surface area contributed by atoms with Crippen molar-refractivity contribution in [1.29, 1.82) is 0 Å². The zero-order chi connectivity index (χ0) is 18.8. The maximum Gasteiger partial charge on any atom is 0.0596 e. The largest absolute Gasteiger partial charge is 0.393 e. The third kappa shape index (κ3) is 5.02. The Balaban J connectivity index is 1.61. The zero-order valence-electron chi connectivity index (χ0n) is 17.2. The Morgan fingerprint density at radius 3 is 1.35 bits per heavy atom. The molecule has 8 unspecified atom stereocenters. The van der Waals surface area contributed by atoms with Gasteiger partial charge in [-0.2, -0.15) is 0 Å². The first-order valence-corrected chi connectivity index (χ1v) is 11.4. The molecule has 0 aromatic heterocycles. The molecule has 3 N–H and O–H groups in total. The van der Waals surface area contributed by atoms with Crippen LogP contribution < -0.4 is 0 Å². The summed E-state index contributed by atoms with van der Waals surface area (Å²) in [4.78, 5) is 0. The van der Waals surface area contributed by atoms with E-state index in [-0.39, 0.29) is 18.3 Å². The monoisotopic (exact) mass is 366 g/mol. The van der Waals surface area contributed by atoms with Crippen LogP contribution in [0.15, 0.2) is 0 Å². The first-order valence-electron chi connectivity index (χ1n) is 11.4. The van der Waals surface area contributed by atoms with Gasteiger partial charge in [-0.05, 0) is 106 Å². The second kappa shape index (κ2) is 8.92. The number of aliphatic hydroxyl groups excluding tert-OH is 3. The summed E-state index contributed by atoms with van der Waals surface area (Å²) in [5, 5.41) is 32.0. The van der Waals surface area contributed by atoms with Gasteiger partial charge in [0.1, 0.15) is 0 Å². The van der Waals surface area contributed by atoms with E-state index in [0.29, 0.717) is 41.4 Å². The summed E-state index contributed by atoms with van der Waals surface area (Å²) in [6.45, 7) is 6.92. The third-order valence-corrected chi connectivity index (χ3v) is 8.00. The fraction of sp³-hybridized carbons (Fsp3) is 1.00. The molecule has 8 atom stereocenters. The molecule has 3 rings (SSSR count). The third-order valence-electron chi connectivity index (χ3n) is 8.00. The van der Waals surface area contributed by atoms with Crippen molar-refractivity contribution in [2.75, 3.05) is 0 Å². The fourth-order valence-electron chi connectivity index (χ4n) is 6.51. The van der Waals surface area contributed by atoms with Crippen molar-refractivity contribution in [1.82, 2.24) is 0 Å². The summed E-state index contributed by atoms with van der Waals surface area (Å²) in [7, 11) is 0. The van der Waals surface area contributed by atoms with Crippen LogP contribution in [-0.2, 0) is 0 Å². The molecule has 3 saturated carbocycles. The van der Waals surface area contributed by atoms with Gasteiger partial charge in [0.15, 0.2) is 0 Å². The minimum Gasteiger partial charge on any atom is -0.393 e. The topological polar surface area (TPSA) is 60.7 Å². The Bertz CT molecular complexity index is 401. The van der Waals surface area contributed by atoms with Crippen LogP contribution in [0.2, 0.25) is 0 Å². The van der Waals surface area contributed by atoms with E-state index in [1.165, 1.54) is 0 Å². The summed E-state index contributed by atoms with van der Waals surface area (Å²) in [5.74, 6) is 3.44. The molecule has 3 aliphatic carbocycles. The lowest BCUT2D eigenvalue weighted by molar-refractivity contribution is -0.0510. The number of aliphatic hydroxyl groups is 3. The highest BCUT2D eigenvalue weighted by atomic mass is 16.3. The molecule has 0 aliphatic heterocycles. The summed E-state index contributed by atoms with van der Waals surface area (Å²) in [6, 6.07) is 0. The minimum absolute atomic E-state index is 0.171. The Hall–Kier alpha value is -0.120. The fourth-order valence-corrected chi connectivity index (χ4v) is 6.51. The quantitative estimate of drug-likeness (QED) is 0.692. The molecule has 0 amide bonds. The SMILES string of the molecule is CC1CCC(O)C(CC2CC(C)CC(CC3CC(C)CCC3O)C2O)C1. The van der Waals surface area contributed by atoms with Crippen molar-refractivity contribution in [2.24, 2.45) is 41.4 Å². The Kier molecular flexibility index (Phi) is 7.07. The van der Waals surface area contributed by atoms with Crippen molar-refractivity contribution in [3.8, 4) is 0 Å². The lowest BCUT2D eigenvalue weighted by atomic mass is 9.65. The lowest BCUT2D eigenvalue weighted by Gasteiger charge is -2.44. The maximum atomic E-state index is 11.1. The molecule has 26 heavy (non-hydrogen) atoms. The highest BCUT2D eigenvalue weighted by Crippen LogP contribution is 2.44. The second-order valence-corrected chi connectivity index (χ2v) is 10.6. The van der Waals surface area contributed by atoms with Crippen LogP contribution in [0.1, 0.15) is 85.0 Å². The van der Waals surface area contributed by atoms with Crippen molar-refractivity contribution in [3.63, 3.8) is 0 Å². The Labute approximate surface area is 160 Å². The predicted molar refractivity (Wildman–Crippen MR) is 106 cm³/mol. The van der Waals surface area contributed by atoms with Crippen molar-refractivity contribution >= 4 is 0 Å². The van der Waals surface area contributed by atoms with Gasteiger partial charge in [0.05, 0.1) is 18.3 Å². The summed E-state index contributed by atoms with van der Waals surface area (Å²) in [6.07, 6.45) is 9.93. The molecule has 0 radical (unpaired) electrons. The van der Waals surface area contributed by atoms with E-state index in [1.54, 1.807) is 0 Å². The molecular formula is C23H42O3. The molecule has 0 heterocycles. The summed E-state index contributed by atoms with van der Waals surface area (Å²) >= 11 is 0. The van der Waals surface area contributed by atoms with Crippen LogP contribution in [0.25, 0.3) is 0 Å². The van der Waals surface area contributed by atoms with Crippen LogP contribution >= 0.6 is 0 Å². The number of hydrogen-bond acceptors (Lipinski definition) is 3. The standard InChI is InChI=1S/C23H42O3/c1-14-4-6-21(24)17(8-14)12-19-10-16(3)11-20(23(19)26)13-18-9-15(2)5-7-22(18)25/h14-26H,4-13H2,1-3H3. The molecule has 152 valence electrons. The normalized spacial score (nSPS) is 50.5. The van der Waals surface area contributed by atoms with E-state index in [4.69, 9.17) is 0 Å². The van der Waals surface area contributed by atoms with Gasteiger partial charge in [-0.25, -0.2) is 0 Å². The smallest absolute Gasteiger partial charge is 0.0596 e. The number of hydrogen-bond donors (Lipinski definition) is 3. The minimum atomic E-state index is -0.250. The van der Waals surface area contributed by atoms with Gasteiger partial charge >= 0.3 is 0 Å². The Morgan fingerprint density at radius 2 is 0.923 bits per heavy atom. The molecule has 3 nitrogen and oxygen atoms in total. The summed E-state index contributed by atoms with van der Waals surface area (Å²) in [5.41, 5.74) is 0. The van der Waals surface area contributed by atoms with Gasteiger partial charge in [0.2, 0.25) is 0 Å². The van der Waals surface area contributed by atoms with Gasteiger partial charge in [0.25, 0.3) is 0 Å². The van der Waals surface area contributed by atoms with Crippen LogP contribution in [0.5, 0.6) is 0 Å². The Morgan fingerprint density at radius 1 is 0.538 bits per heavy atom. The van der Waals surface area contributed by atoms with E-state index >= 15 is 0 Å². The van der Waals surface area contributed by atoms with Crippen molar-refractivity contribution in [3.05, 3.63) is 0 Å². The average Bonchev–Trinajstić information content (AvgIpc) is 2.58. The molecular weight excluding hydrogens is 324 g/mol. The number of rotatable bonds is 4. The summed E-state index contributed by atoms with van der Waals surface area (Å²) < 4.78 is 0. The van der Waals surface area contributed by atoms with E-state index in [2.05, 4.69) is 20.8 Å². The zero-order valence-corrected chi connectivity index (χ0v) is 17.2. The van der Waals surface area contributed by atoms with E-state index in [1.807, 2.05) is 0 Å². The van der Waals surface area contributed by atoms with Crippen LogP contribution in [0.4, 0.5) is 0 Å². The highest BCUT2D eigenvalue weighted by Gasteiger charge is 2.40.